The largest absolute Gasteiger partial charge is 0.491 e. The van der Waals surface area contributed by atoms with Crippen molar-refractivity contribution in [2.75, 3.05) is 12.8 Å². The Morgan fingerprint density at radius 3 is 2.78 bits per heavy atom. The number of methoxy groups -OCH3 is 1. The van der Waals surface area contributed by atoms with Crippen molar-refractivity contribution >= 4 is 34.1 Å². The first-order valence-corrected chi connectivity index (χ1v) is 9.67. The van der Waals surface area contributed by atoms with Gasteiger partial charge >= 0.3 is 0 Å². The summed E-state index contributed by atoms with van der Waals surface area (Å²) < 4.78 is 39.0. The first-order chi connectivity index (χ1) is 15.4. The number of nitrogens with one attached hydrogen (secondary N) is 1. The fourth-order valence-corrected chi connectivity index (χ4v) is 3.28. The molecule has 0 aliphatic heterocycles. The Morgan fingerprint density at radius 2 is 2.00 bits per heavy atom. The number of nitrogen functional groups attached to an aromatic ring is 1. The molecule has 4 aromatic rings. The van der Waals surface area contributed by atoms with E-state index in [4.69, 9.17) is 26.5 Å². The van der Waals surface area contributed by atoms with E-state index in [1.165, 1.54) is 31.8 Å². The third kappa shape index (κ3) is 4.30. The van der Waals surface area contributed by atoms with Crippen LogP contribution in [0.1, 0.15) is 27.7 Å². The van der Waals surface area contributed by atoms with E-state index < -0.39 is 17.5 Å². The lowest BCUT2D eigenvalue weighted by Crippen LogP contribution is -2.23. The third-order valence-electron chi connectivity index (χ3n) is 4.59. The number of amides is 1. The number of nitrogens with zero attached hydrogens (tertiary/aromatic N) is 3. The molecule has 0 spiro atoms. The number of hydrogen-bond donors (Lipinski definition) is 2. The standard InChI is InChI=1S/C21H16ClF2N5O3/c1-31-20-14(25)7-26-15(18(20)24)8-29-21(30)16-9-27-17(32-16)4-10-2-11-5-12(22)6-28-19(11)13(23)3-10/h2-3,5-7,9H,4,8,25H2,1H3,(H,29,30). The van der Waals surface area contributed by atoms with Gasteiger partial charge in [-0.2, -0.15) is 0 Å². The summed E-state index contributed by atoms with van der Waals surface area (Å²) in [6.07, 6.45) is 3.97. The lowest BCUT2D eigenvalue weighted by atomic mass is 10.1. The molecule has 0 bridgehead atoms. The molecule has 1 amide bonds. The first-order valence-electron chi connectivity index (χ1n) is 9.29. The van der Waals surface area contributed by atoms with Gasteiger partial charge in [-0.25, -0.2) is 13.8 Å². The maximum Gasteiger partial charge on any atom is 0.289 e. The highest BCUT2D eigenvalue weighted by Crippen LogP contribution is 2.26. The summed E-state index contributed by atoms with van der Waals surface area (Å²) in [5.74, 6) is -1.94. The normalized spacial score (nSPS) is 11.0. The second-order valence-electron chi connectivity index (χ2n) is 6.79. The van der Waals surface area contributed by atoms with Gasteiger partial charge in [0.05, 0.1) is 42.5 Å². The molecule has 0 saturated heterocycles. The van der Waals surface area contributed by atoms with Crippen molar-refractivity contribution in [3.05, 3.63) is 76.4 Å². The van der Waals surface area contributed by atoms with E-state index in [2.05, 4.69) is 20.3 Å². The molecule has 1 aromatic carbocycles. The molecule has 3 aromatic heterocycles. The van der Waals surface area contributed by atoms with E-state index in [9.17, 15) is 13.6 Å². The first kappa shape index (κ1) is 21.4. The topological polar surface area (TPSA) is 116 Å². The minimum absolute atomic E-state index is 0.0446. The Hall–Kier alpha value is -3.79. The molecule has 4 rings (SSSR count). The zero-order valence-electron chi connectivity index (χ0n) is 16.7. The lowest BCUT2D eigenvalue weighted by molar-refractivity contribution is 0.0920. The molecule has 11 heteroatoms. The van der Waals surface area contributed by atoms with Crippen molar-refractivity contribution in [1.82, 2.24) is 20.3 Å². The Balaban J connectivity index is 1.46. The Bertz CT molecular complexity index is 1330. The Kier molecular flexibility index (Phi) is 5.87. The van der Waals surface area contributed by atoms with Gasteiger partial charge in [0.25, 0.3) is 5.91 Å². The van der Waals surface area contributed by atoms with Crippen LogP contribution in [0.25, 0.3) is 10.9 Å². The number of carbonyl (C=O) groups is 1. The van der Waals surface area contributed by atoms with Crippen LogP contribution in [0.15, 0.2) is 41.2 Å². The highest BCUT2D eigenvalue weighted by atomic mass is 35.5. The second kappa shape index (κ2) is 8.75. The van der Waals surface area contributed by atoms with E-state index in [-0.39, 0.29) is 47.3 Å². The van der Waals surface area contributed by atoms with Gasteiger partial charge in [0.15, 0.2) is 17.5 Å². The number of benzene rings is 1. The minimum Gasteiger partial charge on any atom is -0.491 e. The van der Waals surface area contributed by atoms with Crippen LogP contribution in [0.3, 0.4) is 0 Å². The summed E-state index contributed by atoms with van der Waals surface area (Å²) in [4.78, 5) is 24.2. The van der Waals surface area contributed by atoms with Crippen LogP contribution in [-0.2, 0) is 13.0 Å². The summed E-state index contributed by atoms with van der Waals surface area (Å²) in [6.45, 7) is -0.221. The zero-order chi connectivity index (χ0) is 22.8. The Labute approximate surface area is 185 Å². The molecule has 8 nitrogen and oxygen atoms in total. The van der Waals surface area contributed by atoms with Crippen LogP contribution < -0.4 is 15.8 Å². The molecule has 32 heavy (non-hydrogen) atoms. The maximum absolute atomic E-state index is 14.3. The molecule has 3 heterocycles. The molecule has 0 saturated carbocycles. The summed E-state index contributed by atoms with van der Waals surface area (Å²) in [5.41, 5.74) is 6.34. The highest BCUT2D eigenvalue weighted by Gasteiger charge is 2.17. The number of anilines is 1. The summed E-state index contributed by atoms with van der Waals surface area (Å²) in [6, 6.07) is 4.63. The molecule has 0 aliphatic rings. The predicted octanol–water partition coefficient (Wildman–Crippen LogP) is 3.66. The number of fused-ring (bicyclic) bond motifs is 1. The van der Waals surface area contributed by atoms with Crippen LogP contribution in [0, 0.1) is 11.6 Å². The van der Waals surface area contributed by atoms with Crippen LogP contribution >= 0.6 is 11.6 Å². The third-order valence-corrected chi connectivity index (χ3v) is 4.80. The summed E-state index contributed by atoms with van der Waals surface area (Å²) in [5, 5.41) is 3.41. The van der Waals surface area contributed by atoms with Crippen LogP contribution in [0.5, 0.6) is 5.75 Å². The van der Waals surface area contributed by atoms with Gasteiger partial charge in [0, 0.05) is 18.0 Å². The number of aromatic nitrogens is 3. The van der Waals surface area contributed by atoms with E-state index in [0.717, 1.165) is 0 Å². The fourth-order valence-electron chi connectivity index (χ4n) is 3.11. The van der Waals surface area contributed by atoms with Gasteiger partial charge in [0.2, 0.25) is 5.76 Å². The minimum atomic E-state index is -0.765. The van der Waals surface area contributed by atoms with Crippen molar-refractivity contribution in [3.63, 3.8) is 0 Å². The molecule has 0 atom stereocenters. The predicted molar refractivity (Wildman–Crippen MR) is 112 cm³/mol. The van der Waals surface area contributed by atoms with Crippen molar-refractivity contribution in [3.8, 4) is 5.75 Å². The van der Waals surface area contributed by atoms with Crippen molar-refractivity contribution in [2.45, 2.75) is 13.0 Å². The number of rotatable bonds is 6. The quantitative estimate of drug-likeness (QED) is 0.452. The van der Waals surface area contributed by atoms with Gasteiger partial charge in [-0.05, 0) is 23.8 Å². The molecule has 164 valence electrons. The van der Waals surface area contributed by atoms with E-state index in [1.54, 1.807) is 12.1 Å². The fraction of sp³-hybridized carbons (Fsp3) is 0.143. The van der Waals surface area contributed by atoms with Crippen molar-refractivity contribution in [2.24, 2.45) is 0 Å². The maximum atomic E-state index is 14.3. The number of pyridine rings is 2. The average Bonchev–Trinajstić information content (AvgIpc) is 3.21. The van der Waals surface area contributed by atoms with Gasteiger partial charge in [-0.15, -0.1) is 0 Å². The number of carbonyl (C=O) groups excluding carboxylic acids is 1. The van der Waals surface area contributed by atoms with Gasteiger partial charge in [0.1, 0.15) is 11.3 Å². The van der Waals surface area contributed by atoms with E-state index in [1.807, 2.05) is 0 Å². The molecular formula is C21H16ClF2N5O3. The van der Waals surface area contributed by atoms with E-state index in [0.29, 0.717) is 16.0 Å². The smallest absolute Gasteiger partial charge is 0.289 e. The molecule has 0 radical (unpaired) electrons. The molecule has 0 fully saturated rings. The van der Waals surface area contributed by atoms with Crippen LogP contribution in [0.4, 0.5) is 14.5 Å². The monoisotopic (exact) mass is 459 g/mol. The second-order valence-corrected chi connectivity index (χ2v) is 7.22. The molecule has 3 N–H and O–H groups in total. The summed E-state index contributed by atoms with van der Waals surface area (Å²) >= 11 is 5.93. The average molecular weight is 460 g/mol. The Morgan fingerprint density at radius 1 is 1.19 bits per heavy atom. The zero-order valence-corrected chi connectivity index (χ0v) is 17.4. The van der Waals surface area contributed by atoms with Crippen LogP contribution in [-0.4, -0.2) is 28.0 Å². The number of oxazole rings is 1. The van der Waals surface area contributed by atoms with Gasteiger partial charge in [-0.3, -0.25) is 14.8 Å². The van der Waals surface area contributed by atoms with Crippen molar-refractivity contribution in [1.29, 1.82) is 0 Å². The van der Waals surface area contributed by atoms with Gasteiger partial charge < -0.3 is 20.2 Å². The number of ether oxygens (including phenoxy) is 1. The molecule has 0 unspecified atom stereocenters. The van der Waals surface area contributed by atoms with Crippen LogP contribution in [0.2, 0.25) is 5.02 Å². The number of hydrogen-bond acceptors (Lipinski definition) is 7. The number of nitrogens with two attached hydrogens (primary N) is 1. The number of halogens is 3. The van der Waals surface area contributed by atoms with Gasteiger partial charge in [-0.1, -0.05) is 11.6 Å². The lowest BCUT2D eigenvalue weighted by Gasteiger charge is -2.09. The SMILES string of the molecule is COc1c(N)cnc(CNC(=O)c2cnc(Cc3cc(F)c4ncc(Cl)cc4c3)o2)c1F. The van der Waals surface area contributed by atoms with Crippen molar-refractivity contribution < 1.29 is 22.7 Å². The summed E-state index contributed by atoms with van der Waals surface area (Å²) in [7, 11) is 1.28. The highest BCUT2D eigenvalue weighted by molar-refractivity contribution is 6.31. The molecule has 0 aliphatic carbocycles. The van der Waals surface area contributed by atoms with E-state index >= 15 is 0 Å². The molecular weight excluding hydrogens is 444 g/mol.